The van der Waals surface area contributed by atoms with Crippen LogP contribution in [0.5, 0.6) is 0 Å². The minimum Gasteiger partial charge on any atom is -0.464 e. The Kier molecular flexibility index (Phi) is 4.91. The van der Waals surface area contributed by atoms with Gasteiger partial charge in [-0.15, -0.1) is 0 Å². The molecule has 1 aromatic carbocycles. The van der Waals surface area contributed by atoms with Crippen molar-refractivity contribution in [2.45, 2.75) is 12.7 Å². The fraction of sp³-hybridized carbons (Fsp3) is 0.200. The number of alkyl halides is 3. The highest BCUT2D eigenvalue weighted by atomic mass is 19.4. The van der Waals surface area contributed by atoms with Gasteiger partial charge in [-0.3, -0.25) is 4.79 Å². The smallest absolute Gasteiger partial charge is 0.416 e. The molecule has 1 amide bonds. The third kappa shape index (κ3) is 3.92. The van der Waals surface area contributed by atoms with Crippen LogP contribution >= 0.6 is 0 Å². The first-order valence-electron chi connectivity index (χ1n) is 6.63. The fourth-order valence-corrected chi connectivity index (χ4v) is 2.00. The summed E-state index contributed by atoms with van der Waals surface area (Å²) >= 11 is 0. The Labute approximate surface area is 133 Å². The van der Waals surface area contributed by atoms with Crippen molar-refractivity contribution in [3.8, 4) is 0 Å². The number of aromatic nitrogens is 1. The number of hydrogen-bond donors (Lipinski definition) is 2. The van der Waals surface area contributed by atoms with E-state index in [2.05, 4.69) is 15.0 Å². The van der Waals surface area contributed by atoms with Crippen LogP contribution in [0.25, 0.3) is 0 Å². The normalized spacial score (nSPS) is 11.2. The molecule has 5 nitrogen and oxygen atoms in total. The summed E-state index contributed by atoms with van der Waals surface area (Å²) in [5, 5.41) is 2.28. The van der Waals surface area contributed by atoms with Crippen molar-refractivity contribution in [2.75, 3.05) is 7.11 Å². The number of halogens is 4. The van der Waals surface area contributed by atoms with Gasteiger partial charge >= 0.3 is 12.1 Å². The summed E-state index contributed by atoms with van der Waals surface area (Å²) in [6, 6.07) is 3.40. The Hall–Kier alpha value is -2.84. The Morgan fingerprint density at radius 1 is 1.25 bits per heavy atom. The van der Waals surface area contributed by atoms with E-state index in [0.717, 1.165) is 19.2 Å². The lowest BCUT2D eigenvalue weighted by atomic mass is 10.1. The number of methoxy groups -OCH3 is 1. The molecule has 0 aliphatic rings. The maximum Gasteiger partial charge on any atom is 0.416 e. The molecule has 0 saturated carbocycles. The summed E-state index contributed by atoms with van der Waals surface area (Å²) in [4.78, 5) is 25.7. The lowest BCUT2D eigenvalue weighted by molar-refractivity contribution is -0.138. The van der Waals surface area contributed by atoms with Crippen molar-refractivity contribution < 1.29 is 31.9 Å². The van der Waals surface area contributed by atoms with Gasteiger partial charge in [-0.25, -0.2) is 9.18 Å². The second-order valence-corrected chi connectivity index (χ2v) is 4.78. The molecule has 0 fully saturated rings. The molecule has 0 aliphatic heterocycles. The second kappa shape index (κ2) is 6.73. The van der Waals surface area contributed by atoms with Gasteiger partial charge in [0.05, 0.1) is 18.2 Å². The van der Waals surface area contributed by atoms with E-state index in [0.29, 0.717) is 6.07 Å². The van der Waals surface area contributed by atoms with E-state index in [9.17, 15) is 27.2 Å². The van der Waals surface area contributed by atoms with E-state index >= 15 is 0 Å². The molecule has 24 heavy (non-hydrogen) atoms. The van der Waals surface area contributed by atoms with Crippen LogP contribution in [0.2, 0.25) is 0 Å². The zero-order valence-corrected chi connectivity index (χ0v) is 12.3. The Bertz CT molecular complexity index is 768. The van der Waals surface area contributed by atoms with E-state index in [1.807, 2.05) is 0 Å². The van der Waals surface area contributed by atoms with Crippen molar-refractivity contribution in [1.29, 1.82) is 0 Å². The van der Waals surface area contributed by atoms with Crippen molar-refractivity contribution >= 4 is 11.9 Å². The number of amides is 1. The number of carbonyl (C=O) groups excluding carboxylic acids is 2. The average Bonchev–Trinajstić information content (AvgIpc) is 3.01. The Morgan fingerprint density at radius 2 is 1.96 bits per heavy atom. The van der Waals surface area contributed by atoms with E-state index in [4.69, 9.17) is 0 Å². The van der Waals surface area contributed by atoms with Crippen LogP contribution in [0.4, 0.5) is 17.6 Å². The van der Waals surface area contributed by atoms with Gasteiger partial charge in [-0.05, 0) is 23.8 Å². The first-order valence-corrected chi connectivity index (χ1v) is 6.63. The minimum atomic E-state index is -4.74. The molecule has 1 heterocycles. The van der Waals surface area contributed by atoms with Crippen LogP contribution in [-0.4, -0.2) is 24.0 Å². The topological polar surface area (TPSA) is 71.2 Å². The molecule has 2 N–H and O–H groups in total. The van der Waals surface area contributed by atoms with Gasteiger partial charge in [0.1, 0.15) is 11.5 Å². The van der Waals surface area contributed by atoms with Gasteiger partial charge in [0.15, 0.2) is 0 Å². The van der Waals surface area contributed by atoms with E-state index in [-0.39, 0.29) is 16.8 Å². The highest BCUT2D eigenvalue weighted by Gasteiger charge is 2.33. The molecule has 2 rings (SSSR count). The highest BCUT2D eigenvalue weighted by Crippen LogP contribution is 2.32. The molecule has 0 radical (unpaired) electrons. The molecule has 0 saturated heterocycles. The van der Waals surface area contributed by atoms with E-state index in [1.165, 1.54) is 12.3 Å². The first-order chi connectivity index (χ1) is 11.2. The van der Waals surface area contributed by atoms with Crippen LogP contribution in [0.15, 0.2) is 30.5 Å². The maximum absolute atomic E-state index is 13.0. The third-order valence-corrected chi connectivity index (χ3v) is 3.17. The molecule has 0 unspecified atom stereocenters. The van der Waals surface area contributed by atoms with Crippen molar-refractivity contribution in [3.05, 3.63) is 58.7 Å². The molecule has 0 spiro atoms. The Balaban J connectivity index is 2.12. The number of aromatic amines is 1. The molecule has 9 heteroatoms. The predicted molar refractivity (Wildman–Crippen MR) is 74.7 cm³/mol. The number of hydrogen-bond acceptors (Lipinski definition) is 3. The highest BCUT2D eigenvalue weighted by molar-refractivity contribution is 5.97. The molecule has 0 atom stereocenters. The molecule has 2 aromatic rings. The van der Waals surface area contributed by atoms with Gasteiger partial charge in [0, 0.05) is 12.7 Å². The zero-order valence-electron chi connectivity index (χ0n) is 12.3. The van der Waals surface area contributed by atoms with Gasteiger partial charge in [0.2, 0.25) is 0 Å². The predicted octanol–water partition coefficient (Wildman–Crippen LogP) is 2.89. The average molecular weight is 344 g/mol. The zero-order chi connectivity index (χ0) is 17.9. The van der Waals surface area contributed by atoms with Gasteiger partial charge < -0.3 is 15.0 Å². The monoisotopic (exact) mass is 344 g/mol. The number of benzene rings is 1. The number of esters is 1. The second-order valence-electron chi connectivity index (χ2n) is 4.78. The third-order valence-electron chi connectivity index (χ3n) is 3.17. The number of ether oxygens (including phenoxy) is 1. The van der Waals surface area contributed by atoms with Gasteiger partial charge in [-0.1, -0.05) is 6.07 Å². The quantitative estimate of drug-likeness (QED) is 0.662. The molecular formula is C15H12F4N2O3. The summed E-state index contributed by atoms with van der Waals surface area (Å²) in [5.74, 6) is -2.41. The minimum absolute atomic E-state index is 0.0282. The lowest BCUT2D eigenvalue weighted by Gasteiger charge is -2.13. The van der Waals surface area contributed by atoms with E-state index < -0.39 is 36.0 Å². The number of carbonyl (C=O) groups is 2. The lowest BCUT2D eigenvalue weighted by Crippen LogP contribution is -2.24. The van der Waals surface area contributed by atoms with Crippen molar-refractivity contribution in [3.63, 3.8) is 0 Å². The van der Waals surface area contributed by atoms with E-state index in [1.54, 1.807) is 0 Å². The van der Waals surface area contributed by atoms with Crippen molar-refractivity contribution in [1.82, 2.24) is 10.3 Å². The maximum atomic E-state index is 13.0. The molecule has 1 aromatic heterocycles. The first kappa shape index (κ1) is 17.5. The number of H-pyrrole nitrogens is 1. The summed E-state index contributed by atoms with van der Waals surface area (Å²) in [6.07, 6.45) is -3.52. The number of nitrogens with one attached hydrogen (secondary N) is 2. The molecule has 0 aliphatic carbocycles. The van der Waals surface area contributed by atoms with Crippen LogP contribution in [0.3, 0.4) is 0 Å². The van der Waals surface area contributed by atoms with Gasteiger partial charge in [-0.2, -0.15) is 13.2 Å². The van der Waals surface area contributed by atoms with Gasteiger partial charge in [0.25, 0.3) is 5.91 Å². The standard InChI is InChI=1S/C15H12F4N2O3/c1-24-14(23)12-4-9(7-20-12)13(22)21-6-8-2-3-10(16)5-11(8)15(17,18)19/h2-5,7,20H,6H2,1H3,(H,21,22). The Morgan fingerprint density at radius 3 is 2.58 bits per heavy atom. The van der Waals surface area contributed by atoms with Crippen LogP contribution < -0.4 is 5.32 Å². The van der Waals surface area contributed by atoms with Crippen molar-refractivity contribution in [2.24, 2.45) is 0 Å². The summed E-state index contributed by atoms with van der Waals surface area (Å²) < 4.78 is 56.1. The summed E-state index contributed by atoms with van der Waals surface area (Å²) in [5.41, 5.74) is -1.36. The van der Waals surface area contributed by atoms with Crippen LogP contribution in [0, 0.1) is 5.82 Å². The molecular weight excluding hydrogens is 332 g/mol. The van der Waals surface area contributed by atoms with Crippen LogP contribution in [0.1, 0.15) is 32.0 Å². The molecule has 0 bridgehead atoms. The fourth-order valence-electron chi connectivity index (χ4n) is 2.00. The number of rotatable bonds is 4. The SMILES string of the molecule is COC(=O)c1cc(C(=O)NCc2ccc(F)cc2C(F)(F)F)c[nH]1. The summed E-state index contributed by atoms with van der Waals surface area (Å²) in [7, 11) is 1.16. The largest absolute Gasteiger partial charge is 0.464 e. The molecule has 128 valence electrons. The summed E-state index contributed by atoms with van der Waals surface area (Å²) in [6.45, 7) is -0.452. The van der Waals surface area contributed by atoms with Crippen LogP contribution in [-0.2, 0) is 17.5 Å².